The maximum absolute atomic E-state index is 4.65. The van der Waals surface area contributed by atoms with Crippen molar-refractivity contribution in [2.24, 2.45) is 0 Å². The zero-order valence-electron chi connectivity index (χ0n) is 9.93. The molecule has 17 heavy (non-hydrogen) atoms. The predicted molar refractivity (Wildman–Crippen MR) is 66.1 cm³/mol. The minimum absolute atomic E-state index is 0.700. The standard InChI is InChI=1S/C13H16N4/c1-14-8-11-9-15-6-4-13(11)17-7-5-12(16-17)10-2-3-10/h4-7,9-10,14H,2-3,8H2,1H3. The third kappa shape index (κ3) is 2.08. The number of rotatable bonds is 4. The number of nitrogens with one attached hydrogen (secondary N) is 1. The van der Waals surface area contributed by atoms with Gasteiger partial charge in [-0.3, -0.25) is 4.98 Å². The van der Waals surface area contributed by atoms with Crippen LogP contribution >= 0.6 is 0 Å². The first-order valence-corrected chi connectivity index (χ1v) is 6.02. The molecule has 1 N–H and O–H groups in total. The van der Waals surface area contributed by atoms with E-state index >= 15 is 0 Å². The van der Waals surface area contributed by atoms with E-state index in [-0.39, 0.29) is 0 Å². The number of hydrogen-bond acceptors (Lipinski definition) is 3. The summed E-state index contributed by atoms with van der Waals surface area (Å²) in [4.78, 5) is 4.16. The molecule has 1 saturated carbocycles. The summed E-state index contributed by atoms with van der Waals surface area (Å²) in [5.41, 5.74) is 3.50. The summed E-state index contributed by atoms with van der Waals surface area (Å²) in [6.45, 7) is 0.807. The Balaban J connectivity index is 1.95. The molecule has 0 saturated heterocycles. The largest absolute Gasteiger partial charge is 0.316 e. The Morgan fingerprint density at radius 2 is 2.29 bits per heavy atom. The Morgan fingerprint density at radius 3 is 3.06 bits per heavy atom. The first-order chi connectivity index (χ1) is 8.38. The van der Waals surface area contributed by atoms with Gasteiger partial charge in [0.15, 0.2) is 0 Å². The summed E-state index contributed by atoms with van der Waals surface area (Å²) in [5.74, 6) is 0.700. The van der Waals surface area contributed by atoms with E-state index in [0.29, 0.717) is 5.92 Å². The second-order valence-corrected chi connectivity index (χ2v) is 4.49. The van der Waals surface area contributed by atoms with Crippen molar-refractivity contribution in [1.29, 1.82) is 0 Å². The van der Waals surface area contributed by atoms with Crippen LogP contribution in [0.1, 0.15) is 30.0 Å². The number of pyridine rings is 1. The van der Waals surface area contributed by atoms with Crippen LogP contribution in [-0.2, 0) is 6.54 Å². The van der Waals surface area contributed by atoms with E-state index in [4.69, 9.17) is 0 Å². The highest BCUT2D eigenvalue weighted by Gasteiger charge is 2.26. The van der Waals surface area contributed by atoms with Gasteiger partial charge in [-0.2, -0.15) is 5.10 Å². The van der Waals surface area contributed by atoms with Gasteiger partial charge in [0, 0.05) is 36.6 Å². The normalized spacial score (nSPS) is 15.1. The van der Waals surface area contributed by atoms with Crippen molar-refractivity contribution >= 4 is 0 Å². The van der Waals surface area contributed by atoms with Gasteiger partial charge in [-0.05, 0) is 32.0 Å². The van der Waals surface area contributed by atoms with Crippen molar-refractivity contribution in [3.8, 4) is 5.69 Å². The fourth-order valence-corrected chi connectivity index (χ4v) is 2.04. The molecule has 3 rings (SSSR count). The Morgan fingerprint density at radius 1 is 1.41 bits per heavy atom. The van der Waals surface area contributed by atoms with Gasteiger partial charge >= 0.3 is 0 Å². The smallest absolute Gasteiger partial charge is 0.0721 e. The fourth-order valence-electron chi connectivity index (χ4n) is 2.04. The third-order valence-electron chi connectivity index (χ3n) is 3.10. The average Bonchev–Trinajstić information content (AvgIpc) is 3.09. The van der Waals surface area contributed by atoms with Crippen molar-refractivity contribution in [2.45, 2.75) is 25.3 Å². The average molecular weight is 228 g/mol. The topological polar surface area (TPSA) is 42.7 Å². The lowest BCUT2D eigenvalue weighted by Crippen LogP contribution is -2.10. The van der Waals surface area contributed by atoms with Crippen molar-refractivity contribution in [3.05, 3.63) is 42.0 Å². The second-order valence-electron chi connectivity index (χ2n) is 4.49. The molecule has 0 unspecified atom stereocenters. The van der Waals surface area contributed by atoms with E-state index in [1.54, 1.807) is 0 Å². The number of hydrogen-bond donors (Lipinski definition) is 1. The highest BCUT2D eigenvalue weighted by molar-refractivity contribution is 5.38. The number of nitrogens with zero attached hydrogens (tertiary/aromatic N) is 3. The lowest BCUT2D eigenvalue weighted by Gasteiger charge is -2.08. The Bertz CT molecular complexity index is 514. The molecule has 2 aromatic heterocycles. The molecule has 2 aromatic rings. The summed E-state index contributed by atoms with van der Waals surface area (Å²) >= 11 is 0. The Kier molecular flexibility index (Phi) is 2.65. The van der Waals surface area contributed by atoms with Crippen molar-refractivity contribution < 1.29 is 0 Å². The van der Waals surface area contributed by atoms with Gasteiger partial charge in [-0.25, -0.2) is 4.68 Å². The molecular formula is C13H16N4. The Hall–Kier alpha value is -1.68. The minimum atomic E-state index is 0.700. The maximum Gasteiger partial charge on any atom is 0.0721 e. The molecule has 0 bridgehead atoms. The highest BCUT2D eigenvalue weighted by atomic mass is 15.3. The summed E-state index contributed by atoms with van der Waals surface area (Å²) in [6, 6.07) is 4.14. The molecule has 0 spiro atoms. The van der Waals surface area contributed by atoms with Crippen LogP contribution in [0.25, 0.3) is 5.69 Å². The van der Waals surface area contributed by atoms with Gasteiger partial charge < -0.3 is 5.32 Å². The van der Waals surface area contributed by atoms with Gasteiger partial charge in [0.05, 0.1) is 11.4 Å². The zero-order valence-corrected chi connectivity index (χ0v) is 9.93. The molecule has 88 valence electrons. The number of aromatic nitrogens is 3. The van der Waals surface area contributed by atoms with Crippen molar-refractivity contribution in [3.63, 3.8) is 0 Å². The molecule has 1 aliphatic rings. The van der Waals surface area contributed by atoms with E-state index in [1.165, 1.54) is 24.1 Å². The maximum atomic E-state index is 4.65. The van der Waals surface area contributed by atoms with Crippen LogP contribution in [-0.4, -0.2) is 21.8 Å². The third-order valence-corrected chi connectivity index (χ3v) is 3.10. The molecule has 0 radical (unpaired) electrons. The quantitative estimate of drug-likeness (QED) is 0.868. The molecule has 4 heteroatoms. The molecule has 2 heterocycles. The minimum Gasteiger partial charge on any atom is -0.316 e. The molecule has 1 fully saturated rings. The first kappa shape index (κ1) is 10.5. The van der Waals surface area contributed by atoms with Crippen LogP contribution in [0.5, 0.6) is 0 Å². The summed E-state index contributed by atoms with van der Waals surface area (Å²) < 4.78 is 1.96. The van der Waals surface area contributed by atoms with E-state index in [9.17, 15) is 0 Å². The lowest BCUT2D eigenvalue weighted by atomic mass is 10.2. The van der Waals surface area contributed by atoms with Crippen molar-refractivity contribution in [1.82, 2.24) is 20.1 Å². The molecule has 0 aromatic carbocycles. The summed E-state index contributed by atoms with van der Waals surface area (Å²) in [6.07, 6.45) is 8.33. The van der Waals surface area contributed by atoms with Gasteiger partial charge in [-0.1, -0.05) is 0 Å². The summed E-state index contributed by atoms with van der Waals surface area (Å²) in [5, 5.41) is 7.80. The van der Waals surface area contributed by atoms with E-state index < -0.39 is 0 Å². The van der Waals surface area contributed by atoms with Gasteiger partial charge in [-0.15, -0.1) is 0 Å². The van der Waals surface area contributed by atoms with Gasteiger partial charge in [0.1, 0.15) is 0 Å². The van der Waals surface area contributed by atoms with Crippen LogP contribution in [0.2, 0.25) is 0 Å². The summed E-state index contributed by atoms with van der Waals surface area (Å²) in [7, 11) is 1.94. The molecular weight excluding hydrogens is 212 g/mol. The van der Waals surface area contributed by atoms with Gasteiger partial charge in [0.2, 0.25) is 0 Å². The van der Waals surface area contributed by atoms with Crippen molar-refractivity contribution in [2.75, 3.05) is 7.05 Å². The van der Waals surface area contributed by atoms with Gasteiger partial charge in [0.25, 0.3) is 0 Å². The van der Waals surface area contributed by atoms with Crippen LogP contribution in [0, 0.1) is 0 Å². The highest BCUT2D eigenvalue weighted by Crippen LogP contribution is 2.39. The molecule has 0 atom stereocenters. The SMILES string of the molecule is CNCc1cnccc1-n1ccc(C2CC2)n1. The fraction of sp³-hybridized carbons (Fsp3) is 0.385. The molecule has 4 nitrogen and oxygen atoms in total. The monoisotopic (exact) mass is 228 g/mol. The van der Waals surface area contributed by atoms with E-state index in [2.05, 4.69) is 21.5 Å². The van der Waals surface area contributed by atoms with Crippen LogP contribution in [0.3, 0.4) is 0 Å². The molecule has 0 aliphatic heterocycles. The van der Waals surface area contributed by atoms with Crippen LogP contribution < -0.4 is 5.32 Å². The Labute approximate surface area is 101 Å². The lowest BCUT2D eigenvalue weighted by molar-refractivity contribution is 0.774. The molecule has 1 aliphatic carbocycles. The van der Waals surface area contributed by atoms with Crippen LogP contribution in [0.4, 0.5) is 0 Å². The first-order valence-electron chi connectivity index (χ1n) is 6.02. The van der Waals surface area contributed by atoms with Crippen LogP contribution in [0.15, 0.2) is 30.7 Å². The molecule has 0 amide bonds. The van der Waals surface area contributed by atoms with E-state index in [1.807, 2.05) is 36.4 Å². The second kappa shape index (κ2) is 4.30. The van der Waals surface area contributed by atoms with E-state index in [0.717, 1.165) is 12.2 Å². The predicted octanol–water partition coefficient (Wildman–Crippen LogP) is 1.86. The zero-order chi connectivity index (χ0) is 11.7.